The summed E-state index contributed by atoms with van der Waals surface area (Å²) in [6.45, 7) is 0. The summed E-state index contributed by atoms with van der Waals surface area (Å²) < 4.78 is 4.51. The quantitative estimate of drug-likeness (QED) is 0.638. The number of esters is 1. The van der Waals surface area contributed by atoms with E-state index in [1.165, 1.54) is 13.2 Å². The van der Waals surface area contributed by atoms with Crippen molar-refractivity contribution in [3.63, 3.8) is 0 Å². The molecule has 0 radical (unpaired) electrons. The van der Waals surface area contributed by atoms with Crippen LogP contribution in [0.3, 0.4) is 0 Å². The van der Waals surface area contributed by atoms with Gasteiger partial charge in [-0.3, -0.25) is 4.79 Å². The van der Waals surface area contributed by atoms with Gasteiger partial charge in [0, 0.05) is 4.90 Å². The molecule has 3 nitrogen and oxygen atoms in total. The van der Waals surface area contributed by atoms with Gasteiger partial charge < -0.3 is 4.74 Å². The van der Waals surface area contributed by atoms with Gasteiger partial charge in [-0.2, -0.15) is 5.26 Å². The second-order valence-corrected chi connectivity index (χ2v) is 3.71. The molecule has 0 amide bonds. The van der Waals surface area contributed by atoms with E-state index in [9.17, 15) is 4.79 Å². The fraction of sp³-hybridized carbons (Fsp3) is 0.200. The maximum absolute atomic E-state index is 11.1. The predicted octanol–water partition coefficient (Wildman–Crippen LogP) is 2.22. The van der Waals surface area contributed by atoms with Crippen molar-refractivity contribution in [2.45, 2.75) is 11.3 Å². The van der Waals surface area contributed by atoms with Crippen molar-refractivity contribution in [1.82, 2.24) is 0 Å². The molecule has 0 spiro atoms. The van der Waals surface area contributed by atoms with Gasteiger partial charge in [-0.05, 0) is 17.7 Å². The second kappa shape index (κ2) is 5.06. The molecule has 0 bridgehead atoms. The lowest BCUT2D eigenvalue weighted by molar-refractivity contribution is -0.139. The molecule has 0 saturated carbocycles. The van der Waals surface area contributed by atoms with E-state index >= 15 is 0 Å². The van der Waals surface area contributed by atoms with Crippen LogP contribution in [-0.4, -0.2) is 13.1 Å². The number of nitrogens with zero attached hydrogens (tertiary/aromatic N) is 1. The summed E-state index contributed by atoms with van der Waals surface area (Å²) in [4.78, 5) is 11.6. The smallest absolute Gasteiger partial charge is 0.310 e. The highest BCUT2D eigenvalue weighted by atomic mass is 35.5. The molecule has 1 rings (SSSR count). The average molecular weight is 242 g/mol. The van der Waals surface area contributed by atoms with E-state index < -0.39 is 5.97 Å². The maximum atomic E-state index is 11.1. The molecule has 0 N–H and O–H groups in total. The van der Waals surface area contributed by atoms with E-state index in [0.717, 1.165) is 0 Å². The first-order valence-electron chi connectivity index (χ1n) is 4.06. The molecule has 78 valence electrons. The first-order valence-corrected chi connectivity index (χ1v) is 4.89. The van der Waals surface area contributed by atoms with E-state index in [0.29, 0.717) is 21.0 Å². The fourth-order valence-corrected chi connectivity index (χ4v) is 1.46. The number of hydrogen-bond acceptors (Lipinski definition) is 4. The van der Waals surface area contributed by atoms with Crippen molar-refractivity contribution in [1.29, 1.82) is 5.26 Å². The van der Waals surface area contributed by atoms with Gasteiger partial charge in [-0.15, -0.1) is 12.6 Å². The van der Waals surface area contributed by atoms with Crippen LogP contribution < -0.4 is 0 Å². The number of benzene rings is 1. The van der Waals surface area contributed by atoms with Crippen molar-refractivity contribution in [3.8, 4) is 6.07 Å². The molecular weight excluding hydrogens is 234 g/mol. The largest absolute Gasteiger partial charge is 0.469 e. The van der Waals surface area contributed by atoms with Crippen molar-refractivity contribution in [2.24, 2.45) is 0 Å². The topological polar surface area (TPSA) is 50.1 Å². The predicted molar refractivity (Wildman–Crippen MR) is 59.1 cm³/mol. The third kappa shape index (κ3) is 2.88. The minimum atomic E-state index is -0.408. The third-order valence-corrected chi connectivity index (χ3v) is 2.67. The molecule has 0 fully saturated rings. The number of rotatable bonds is 2. The van der Waals surface area contributed by atoms with E-state index in [-0.39, 0.29) is 6.42 Å². The van der Waals surface area contributed by atoms with Crippen LogP contribution in [0.2, 0.25) is 5.02 Å². The summed E-state index contributed by atoms with van der Waals surface area (Å²) in [5, 5.41) is 9.25. The molecular formula is C10H8ClNO2S. The first kappa shape index (κ1) is 11.9. The lowest BCUT2D eigenvalue weighted by atomic mass is 10.1. The standard InChI is InChI=1S/C10H8ClNO2S/c1-14-10(13)4-6-2-8(11)9(15)3-7(6)5-12/h2-3,15H,4H2,1H3. The van der Waals surface area contributed by atoms with Crippen LogP contribution in [0.4, 0.5) is 0 Å². The molecule has 0 atom stereocenters. The van der Waals surface area contributed by atoms with Gasteiger partial charge in [0.1, 0.15) is 0 Å². The molecule has 0 aliphatic rings. The lowest BCUT2D eigenvalue weighted by Gasteiger charge is -2.05. The Morgan fingerprint density at radius 3 is 2.87 bits per heavy atom. The van der Waals surface area contributed by atoms with Gasteiger partial charge in [-0.1, -0.05) is 11.6 Å². The van der Waals surface area contributed by atoms with Crippen molar-refractivity contribution in [2.75, 3.05) is 7.11 Å². The van der Waals surface area contributed by atoms with Gasteiger partial charge >= 0.3 is 5.97 Å². The van der Waals surface area contributed by atoms with E-state index in [1.54, 1.807) is 6.07 Å². The Morgan fingerprint density at radius 1 is 1.67 bits per heavy atom. The molecule has 5 heteroatoms. The monoisotopic (exact) mass is 241 g/mol. The average Bonchev–Trinajstić information content (AvgIpc) is 2.22. The Labute approximate surface area is 98.0 Å². The molecule has 0 aromatic heterocycles. The zero-order chi connectivity index (χ0) is 11.4. The Hall–Kier alpha value is -1.18. The zero-order valence-corrected chi connectivity index (χ0v) is 9.60. The molecule has 0 heterocycles. The summed E-state index contributed by atoms with van der Waals surface area (Å²) in [7, 11) is 1.29. The van der Waals surface area contributed by atoms with Gasteiger partial charge in [-0.25, -0.2) is 0 Å². The van der Waals surface area contributed by atoms with Gasteiger partial charge in [0.25, 0.3) is 0 Å². The Kier molecular flexibility index (Phi) is 4.01. The Bertz CT molecular complexity index is 440. The molecule has 0 aliphatic carbocycles. The van der Waals surface area contributed by atoms with Crippen LogP contribution in [0.1, 0.15) is 11.1 Å². The van der Waals surface area contributed by atoms with Crippen LogP contribution in [0.5, 0.6) is 0 Å². The number of ether oxygens (including phenoxy) is 1. The number of nitriles is 1. The summed E-state index contributed by atoms with van der Waals surface area (Å²) in [5.41, 5.74) is 0.932. The van der Waals surface area contributed by atoms with Crippen LogP contribution >= 0.6 is 24.2 Å². The van der Waals surface area contributed by atoms with Crippen LogP contribution in [0.15, 0.2) is 17.0 Å². The molecule has 0 saturated heterocycles. The van der Waals surface area contributed by atoms with Gasteiger partial charge in [0.15, 0.2) is 0 Å². The summed E-state index contributed by atoms with van der Waals surface area (Å²) in [6.07, 6.45) is 0.0349. The van der Waals surface area contributed by atoms with Crippen molar-refractivity contribution in [3.05, 3.63) is 28.3 Å². The molecule has 1 aromatic carbocycles. The number of thiol groups is 1. The summed E-state index contributed by atoms with van der Waals surface area (Å²) in [5.74, 6) is -0.408. The van der Waals surface area contributed by atoms with Gasteiger partial charge in [0.2, 0.25) is 0 Å². The highest BCUT2D eigenvalue weighted by Gasteiger charge is 2.10. The highest BCUT2D eigenvalue weighted by molar-refractivity contribution is 7.80. The highest BCUT2D eigenvalue weighted by Crippen LogP contribution is 2.24. The zero-order valence-electron chi connectivity index (χ0n) is 7.95. The second-order valence-electron chi connectivity index (χ2n) is 2.83. The van der Waals surface area contributed by atoms with E-state index in [4.69, 9.17) is 16.9 Å². The number of hydrogen-bond donors (Lipinski definition) is 1. The van der Waals surface area contributed by atoms with Crippen LogP contribution in [0, 0.1) is 11.3 Å². The SMILES string of the molecule is COC(=O)Cc1cc(Cl)c(S)cc1C#N. The number of carbonyl (C=O) groups excluding carboxylic acids is 1. The minimum Gasteiger partial charge on any atom is -0.469 e. The number of methoxy groups -OCH3 is 1. The number of halogens is 1. The first-order chi connectivity index (χ1) is 7.08. The maximum Gasteiger partial charge on any atom is 0.310 e. The summed E-state index contributed by atoms with van der Waals surface area (Å²) in [6, 6.07) is 5.06. The van der Waals surface area contributed by atoms with E-state index in [1.807, 2.05) is 6.07 Å². The van der Waals surface area contributed by atoms with E-state index in [2.05, 4.69) is 17.4 Å². The molecule has 15 heavy (non-hydrogen) atoms. The van der Waals surface area contributed by atoms with Crippen molar-refractivity contribution < 1.29 is 9.53 Å². The van der Waals surface area contributed by atoms with Gasteiger partial charge in [0.05, 0.1) is 30.2 Å². The molecule has 1 aromatic rings. The number of carbonyl (C=O) groups is 1. The minimum absolute atomic E-state index is 0.0349. The lowest BCUT2D eigenvalue weighted by Crippen LogP contribution is -2.06. The van der Waals surface area contributed by atoms with Crippen LogP contribution in [0.25, 0.3) is 0 Å². The third-order valence-electron chi connectivity index (χ3n) is 1.86. The van der Waals surface area contributed by atoms with Crippen molar-refractivity contribution >= 4 is 30.2 Å². The molecule has 0 aliphatic heterocycles. The molecule has 0 unspecified atom stereocenters. The summed E-state index contributed by atoms with van der Waals surface area (Å²) >= 11 is 9.91. The normalized spacial score (nSPS) is 9.47. The fourth-order valence-electron chi connectivity index (χ4n) is 1.08. The Morgan fingerprint density at radius 2 is 2.33 bits per heavy atom. The Balaban J connectivity index is 3.12. The van der Waals surface area contributed by atoms with Crippen LogP contribution in [-0.2, 0) is 16.0 Å².